The number of carbonyl (C=O) groups is 1. The lowest BCUT2D eigenvalue weighted by molar-refractivity contribution is -0.123. The average molecular weight is 392 g/mol. The molecule has 8 heteroatoms. The first-order valence-electron chi connectivity index (χ1n) is 8.65. The minimum Gasteiger partial charge on any atom is -0.488 e. The summed E-state index contributed by atoms with van der Waals surface area (Å²) in [5.41, 5.74) is 2.74. The number of halogens is 3. The van der Waals surface area contributed by atoms with E-state index in [0.717, 1.165) is 22.0 Å². The largest absolute Gasteiger partial charge is 0.488 e. The SMILES string of the molecule is O=C(NCC(F)(F)F)OCCc1c[nH]c2cccc(OCc3ccccc3)c12. The maximum absolute atomic E-state index is 12.1. The van der Waals surface area contributed by atoms with Gasteiger partial charge >= 0.3 is 12.3 Å². The Hall–Kier alpha value is -3.16. The van der Waals surface area contributed by atoms with Gasteiger partial charge in [0.25, 0.3) is 0 Å². The van der Waals surface area contributed by atoms with Crippen LogP contribution in [0.5, 0.6) is 5.75 Å². The van der Waals surface area contributed by atoms with Gasteiger partial charge in [0.15, 0.2) is 0 Å². The molecule has 1 amide bonds. The minimum atomic E-state index is -4.47. The van der Waals surface area contributed by atoms with Crippen molar-refractivity contribution in [2.24, 2.45) is 0 Å². The molecule has 0 saturated carbocycles. The van der Waals surface area contributed by atoms with Crippen LogP contribution >= 0.6 is 0 Å². The molecular formula is C20H19F3N2O3. The Balaban J connectivity index is 1.61. The number of fused-ring (bicyclic) bond motifs is 1. The second kappa shape index (κ2) is 8.69. The number of alkyl halides is 3. The molecule has 28 heavy (non-hydrogen) atoms. The third-order valence-corrected chi connectivity index (χ3v) is 4.02. The molecule has 5 nitrogen and oxygen atoms in total. The van der Waals surface area contributed by atoms with Crippen LogP contribution in [0.15, 0.2) is 54.7 Å². The molecule has 0 aliphatic rings. The molecule has 0 fully saturated rings. The Morgan fingerprint density at radius 2 is 1.86 bits per heavy atom. The van der Waals surface area contributed by atoms with Crippen molar-refractivity contribution < 1.29 is 27.4 Å². The second-order valence-electron chi connectivity index (χ2n) is 6.12. The zero-order valence-electron chi connectivity index (χ0n) is 14.9. The topological polar surface area (TPSA) is 63.3 Å². The highest BCUT2D eigenvalue weighted by Crippen LogP contribution is 2.29. The fraction of sp³-hybridized carbons (Fsp3) is 0.250. The Morgan fingerprint density at radius 3 is 2.61 bits per heavy atom. The maximum Gasteiger partial charge on any atom is 0.407 e. The third-order valence-electron chi connectivity index (χ3n) is 4.02. The van der Waals surface area contributed by atoms with E-state index in [1.165, 1.54) is 0 Å². The number of aromatic nitrogens is 1. The first-order valence-corrected chi connectivity index (χ1v) is 8.65. The van der Waals surface area contributed by atoms with E-state index in [-0.39, 0.29) is 6.61 Å². The van der Waals surface area contributed by atoms with Crippen LogP contribution in [0.4, 0.5) is 18.0 Å². The molecule has 0 aliphatic heterocycles. The summed E-state index contributed by atoms with van der Waals surface area (Å²) in [6.07, 6.45) is -3.46. The summed E-state index contributed by atoms with van der Waals surface area (Å²) in [6, 6.07) is 15.3. The summed E-state index contributed by atoms with van der Waals surface area (Å²) in [6.45, 7) is -1.07. The van der Waals surface area contributed by atoms with Gasteiger partial charge in [-0.15, -0.1) is 0 Å². The van der Waals surface area contributed by atoms with E-state index in [2.05, 4.69) is 4.98 Å². The number of rotatable bonds is 7. The summed E-state index contributed by atoms with van der Waals surface area (Å²) >= 11 is 0. The van der Waals surface area contributed by atoms with Crippen molar-refractivity contribution in [1.29, 1.82) is 0 Å². The van der Waals surface area contributed by atoms with Gasteiger partial charge in [0.05, 0.1) is 6.61 Å². The van der Waals surface area contributed by atoms with Gasteiger partial charge in [0.2, 0.25) is 0 Å². The van der Waals surface area contributed by atoms with Gasteiger partial charge in [0.1, 0.15) is 18.9 Å². The van der Waals surface area contributed by atoms with E-state index in [1.807, 2.05) is 48.5 Å². The van der Waals surface area contributed by atoms with Crippen LogP contribution in [0.3, 0.4) is 0 Å². The van der Waals surface area contributed by atoms with E-state index in [0.29, 0.717) is 18.8 Å². The first-order chi connectivity index (χ1) is 13.4. The second-order valence-corrected chi connectivity index (χ2v) is 6.12. The normalized spacial score (nSPS) is 11.4. The van der Waals surface area contributed by atoms with Crippen molar-refractivity contribution in [1.82, 2.24) is 10.3 Å². The summed E-state index contributed by atoms with van der Waals surface area (Å²) in [4.78, 5) is 14.5. The molecule has 0 radical (unpaired) electrons. The highest BCUT2D eigenvalue weighted by molar-refractivity contribution is 5.89. The van der Waals surface area contributed by atoms with Gasteiger partial charge in [-0.3, -0.25) is 0 Å². The molecule has 0 spiro atoms. The first kappa shape index (κ1) is 19.6. The van der Waals surface area contributed by atoms with Crippen molar-refractivity contribution >= 4 is 17.0 Å². The lowest BCUT2D eigenvalue weighted by Gasteiger charge is -2.10. The summed E-state index contributed by atoms with van der Waals surface area (Å²) in [7, 11) is 0. The molecule has 2 aromatic carbocycles. The molecule has 0 aliphatic carbocycles. The van der Waals surface area contributed by atoms with Gasteiger partial charge in [0, 0.05) is 23.5 Å². The average Bonchev–Trinajstić information content (AvgIpc) is 3.09. The van der Waals surface area contributed by atoms with Crippen molar-refractivity contribution in [2.75, 3.05) is 13.2 Å². The van der Waals surface area contributed by atoms with Crippen molar-refractivity contribution in [3.63, 3.8) is 0 Å². The number of hydrogen-bond donors (Lipinski definition) is 2. The van der Waals surface area contributed by atoms with Gasteiger partial charge in [-0.25, -0.2) is 4.79 Å². The standard InChI is InChI=1S/C20H19F3N2O3/c21-20(22,23)13-25-19(26)27-10-9-15-11-24-16-7-4-8-17(18(15)16)28-12-14-5-2-1-3-6-14/h1-8,11,24H,9-10,12-13H2,(H,25,26). The maximum atomic E-state index is 12.1. The molecular weight excluding hydrogens is 373 g/mol. The number of benzene rings is 2. The van der Waals surface area contributed by atoms with Crippen molar-refractivity contribution in [2.45, 2.75) is 19.2 Å². The number of carbonyl (C=O) groups excluding carboxylic acids is 1. The van der Waals surface area contributed by atoms with Crippen LogP contribution in [0.1, 0.15) is 11.1 Å². The van der Waals surface area contributed by atoms with Gasteiger partial charge in [-0.1, -0.05) is 36.4 Å². The lowest BCUT2D eigenvalue weighted by Crippen LogP contribution is -2.34. The van der Waals surface area contributed by atoms with Gasteiger partial charge in [-0.2, -0.15) is 13.2 Å². The van der Waals surface area contributed by atoms with Crippen molar-refractivity contribution in [3.05, 3.63) is 65.9 Å². The van der Waals surface area contributed by atoms with E-state index in [9.17, 15) is 18.0 Å². The highest BCUT2D eigenvalue weighted by atomic mass is 19.4. The fourth-order valence-electron chi connectivity index (χ4n) is 2.75. The highest BCUT2D eigenvalue weighted by Gasteiger charge is 2.28. The van der Waals surface area contributed by atoms with Crippen LogP contribution in [0.25, 0.3) is 10.9 Å². The van der Waals surface area contributed by atoms with E-state index in [4.69, 9.17) is 9.47 Å². The number of hydrogen-bond acceptors (Lipinski definition) is 3. The Labute approximate surface area is 159 Å². The Morgan fingerprint density at radius 1 is 1.07 bits per heavy atom. The van der Waals surface area contributed by atoms with E-state index >= 15 is 0 Å². The summed E-state index contributed by atoms with van der Waals surface area (Å²) < 4.78 is 47.0. The number of alkyl carbamates (subject to hydrolysis) is 1. The number of nitrogens with one attached hydrogen (secondary N) is 2. The van der Waals surface area contributed by atoms with E-state index in [1.54, 1.807) is 11.5 Å². The van der Waals surface area contributed by atoms with Gasteiger partial charge < -0.3 is 19.8 Å². The van der Waals surface area contributed by atoms with Crippen LogP contribution in [-0.4, -0.2) is 30.4 Å². The molecule has 0 atom stereocenters. The minimum absolute atomic E-state index is 0.0519. The van der Waals surface area contributed by atoms with Crippen LogP contribution in [-0.2, 0) is 17.8 Å². The number of aromatic amines is 1. The summed E-state index contributed by atoms with van der Waals surface area (Å²) in [5.74, 6) is 0.680. The quantitative estimate of drug-likeness (QED) is 0.619. The predicted molar refractivity (Wildman–Crippen MR) is 98.2 cm³/mol. The monoisotopic (exact) mass is 392 g/mol. The molecule has 3 aromatic rings. The third kappa shape index (κ3) is 5.42. The zero-order valence-corrected chi connectivity index (χ0v) is 14.9. The smallest absolute Gasteiger partial charge is 0.407 e. The molecule has 3 rings (SSSR count). The molecule has 2 N–H and O–H groups in total. The molecule has 0 unspecified atom stereocenters. The fourth-order valence-corrected chi connectivity index (χ4v) is 2.75. The summed E-state index contributed by atoms with van der Waals surface area (Å²) in [5, 5.41) is 2.53. The lowest BCUT2D eigenvalue weighted by atomic mass is 10.1. The van der Waals surface area contributed by atoms with Crippen LogP contribution in [0.2, 0.25) is 0 Å². The Kier molecular flexibility index (Phi) is 6.08. The number of H-pyrrole nitrogens is 1. The molecule has 1 aromatic heterocycles. The Bertz CT molecular complexity index is 923. The van der Waals surface area contributed by atoms with Crippen LogP contribution < -0.4 is 10.1 Å². The molecule has 148 valence electrons. The number of amides is 1. The molecule has 0 bridgehead atoms. The van der Waals surface area contributed by atoms with Crippen molar-refractivity contribution in [3.8, 4) is 5.75 Å². The van der Waals surface area contributed by atoms with Crippen LogP contribution in [0, 0.1) is 0 Å². The molecule has 1 heterocycles. The predicted octanol–water partition coefficient (Wildman–Crippen LogP) is 4.58. The van der Waals surface area contributed by atoms with Gasteiger partial charge in [-0.05, 0) is 23.3 Å². The molecule has 0 saturated heterocycles. The van der Waals surface area contributed by atoms with E-state index < -0.39 is 18.8 Å². The zero-order chi connectivity index (χ0) is 20.0. The number of ether oxygens (including phenoxy) is 2.